The Balaban J connectivity index is 3.11. The summed E-state index contributed by atoms with van der Waals surface area (Å²) in [7, 11) is 3.31. The predicted molar refractivity (Wildman–Crippen MR) is 68.4 cm³/mol. The number of rotatable bonds is 6. The van der Waals surface area contributed by atoms with Gasteiger partial charge in [-0.2, -0.15) is 0 Å². The van der Waals surface area contributed by atoms with Gasteiger partial charge in [-0.1, -0.05) is 0 Å². The number of aryl methyl sites for hydroxylation is 2. The van der Waals surface area contributed by atoms with Gasteiger partial charge in [0.1, 0.15) is 11.5 Å². The van der Waals surface area contributed by atoms with Crippen LogP contribution in [0.5, 0.6) is 11.5 Å². The van der Waals surface area contributed by atoms with Crippen LogP contribution < -0.4 is 9.47 Å². The van der Waals surface area contributed by atoms with Crippen molar-refractivity contribution >= 4 is 23.2 Å². The molecule has 0 saturated carbocycles. The van der Waals surface area contributed by atoms with Gasteiger partial charge in [-0.05, 0) is 36.1 Å². The molecule has 0 aliphatic rings. The van der Waals surface area contributed by atoms with Crippen LogP contribution in [0.4, 0.5) is 0 Å². The highest BCUT2D eigenvalue weighted by molar-refractivity contribution is 6.18. The average Bonchev–Trinajstić information content (AvgIpc) is 2.31. The van der Waals surface area contributed by atoms with Gasteiger partial charge in [0.15, 0.2) is 0 Å². The molecule has 0 N–H and O–H groups in total. The Bertz CT molecular complexity index is 306. The lowest BCUT2D eigenvalue weighted by Gasteiger charge is -2.13. The molecule has 0 fully saturated rings. The third-order valence-corrected chi connectivity index (χ3v) is 2.79. The van der Waals surface area contributed by atoms with E-state index in [0.717, 1.165) is 35.5 Å². The number of ether oxygens (including phenoxy) is 2. The second-order valence-corrected chi connectivity index (χ2v) is 4.11. The summed E-state index contributed by atoms with van der Waals surface area (Å²) in [4.78, 5) is 0. The fourth-order valence-electron chi connectivity index (χ4n) is 1.62. The summed E-state index contributed by atoms with van der Waals surface area (Å²) in [6.45, 7) is 0. The van der Waals surface area contributed by atoms with E-state index in [1.54, 1.807) is 14.2 Å². The molecule has 0 aliphatic heterocycles. The molecule has 0 unspecified atom stereocenters. The SMILES string of the molecule is COc1cc(CCCl)c(OC)cc1CCCl. The van der Waals surface area contributed by atoms with Gasteiger partial charge in [-0.25, -0.2) is 0 Å². The van der Waals surface area contributed by atoms with Gasteiger partial charge in [-0.3, -0.25) is 0 Å². The van der Waals surface area contributed by atoms with Crippen LogP contribution in [0.3, 0.4) is 0 Å². The molecule has 16 heavy (non-hydrogen) atoms. The number of methoxy groups -OCH3 is 2. The smallest absolute Gasteiger partial charge is 0.122 e. The quantitative estimate of drug-likeness (QED) is 0.733. The number of alkyl halides is 2. The predicted octanol–water partition coefficient (Wildman–Crippen LogP) is 3.27. The first kappa shape index (κ1) is 13.5. The molecule has 0 atom stereocenters. The van der Waals surface area contributed by atoms with Crippen molar-refractivity contribution in [2.75, 3.05) is 26.0 Å². The molecule has 2 nitrogen and oxygen atoms in total. The topological polar surface area (TPSA) is 18.5 Å². The highest BCUT2D eigenvalue weighted by Gasteiger charge is 2.10. The summed E-state index contributed by atoms with van der Waals surface area (Å²) in [6.07, 6.45) is 1.53. The van der Waals surface area contributed by atoms with Gasteiger partial charge in [0.25, 0.3) is 0 Å². The van der Waals surface area contributed by atoms with E-state index in [1.165, 1.54) is 0 Å². The van der Waals surface area contributed by atoms with Gasteiger partial charge in [0.2, 0.25) is 0 Å². The highest BCUT2D eigenvalue weighted by Crippen LogP contribution is 2.30. The molecular weight excluding hydrogens is 247 g/mol. The lowest BCUT2D eigenvalue weighted by atomic mass is 10.0. The molecule has 1 aromatic rings. The maximum atomic E-state index is 5.74. The Kier molecular flexibility index (Phi) is 5.78. The minimum Gasteiger partial charge on any atom is -0.496 e. The largest absolute Gasteiger partial charge is 0.496 e. The van der Waals surface area contributed by atoms with E-state index in [1.807, 2.05) is 12.1 Å². The first-order valence-corrected chi connectivity index (χ1v) is 6.19. The molecule has 1 rings (SSSR count). The summed E-state index contributed by atoms with van der Waals surface area (Å²) in [5, 5.41) is 0. The van der Waals surface area contributed by atoms with E-state index in [0.29, 0.717) is 11.8 Å². The molecule has 0 spiro atoms. The Morgan fingerprint density at radius 3 is 1.50 bits per heavy atom. The standard InChI is InChI=1S/C12H16Cl2O2/c1-15-11-7-10(4-6-14)12(16-2)8-9(11)3-5-13/h7-8H,3-6H2,1-2H3. The summed E-state index contributed by atoms with van der Waals surface area (Å²) in [5.74, 6) is 2.83. The van der Waals surface area contributed by atoms with Crippen molar-refractivity contribution in [2.24, 2.45) is 0 Å². The summed E-state index contributed by atoms with van der Waals surface area (Å²) < 4.78 is 10.7. The third kappa shape index (κ3) is 3.19. The van der Waals surface area contributed by atoms with Gasteiger partial charge in [0, 0.05) is 11.8 Å². The lowest BCUT2D eigenvalue weighted by molar-refractivity contribution is 0.395. The molecule has 90 valence electrons. The zero-order valence-corrected chi connectivity index (χ0v) is 11.1. The highest BCUT2D eigenvalue weighted by atomic mass is 35.5. The van der Waals surface area contributed by atoms with Crippen LogP contribution in [0.15, 0.2) is 12.1 Å². The van der Waals surface area contributed by atoms with Crippen molar-refractivity contribution in [1.29, 1.82) is 0 Å². The van der Waals surface area contributed by atoms with E-state index >= 15 is 0 Å². The summed E-state index contributed by atoms with van der Waals surface area (Å²) >= 11 is 11.5. The van der Waals surface area contributed by atoms with Crippen LogP contribution >= 0.6 is 23.2 Å². The zero-order valence-electron chi connectivity index (χ0n) is 9.56. The van der Waals surface area contributed by atoms with Crippen LogP contribution in [0, 0.1) is 0 Å². The van der Waals surface area contributed by atoms with Crippen molar-refractivity contribution in [3.05, 3.63) is 23.3 Å². The van der Waals surface area contributed by atoms with Crippen molar-refractivity contribution in [3.63, 3.8) is 0 Å². The number of hydrogen-bond acceptors (Lipinski definition) is 2. The van der Waals surface area contributed by atoms with Crippen LogP contribution in [0.1, 0.15) is 11.1 Å². The van der Waals surface area contributed by atoms with E-state index in [4.69, 9.17) is 32.7 Å². The minimum atomic E-state index is 0.564. The normalized spacial score (nSPS) is 10.2. The molecular formula is C12H16Cl2O2. The van der Waals surface area contributed by atoms with Crippen LogP contribution in [-0.2, 0) is 12.8 Å². The monoisotopic (exact) mass is 262 g/mol. The number of hydrogen-bond donors (Lipinski definition) is 0. The van der Waals surface area contributed by atoms with Crippen LogP contribution in [0.2, 0.25) is 0 Å². The first-order chi connectivity index (χ1) is 7.76. The van der Waals surface area contributed by atoms with Crippen LogP contribution in [0.25, 0.3) is 0 Å². The molecule has 0 saturated heterocycles. The molecule has 1 aromatic carbocycles. The fourth-order valence-corrected chi connectivity index (χ4v) is 2.03. The Morgan fingerprint density at radius 1 is 0.875 bits per heavy atom. The fraction of sp³-hybridized carbons (Fsp3) is 0.500. The summed E-state index contributed by atoms with van der Waals surface area (Å²) in [5.41, 5.74) is 2.13. The Hall–Kier alpha value is -0.600. The summed E-state index contributed by atoms with van der Waals surface area (Å²) in [6, 6.07) is 3.95. The molecule has 4 heteroatoms. The van der Waals surface area contributed by atoms with Gasteiger partial charge in [0.05, 0.1) is 14.2 Å². The van der Waals surface area contributed by atoms with E-state index in [9.17, 15) is 0 Å². The number of halogens is 2. The third-order valence-electron chi connectivity index (χ3n) is 2.41. The van der Waals surface area contributed by atoms with E-state index < -0.39 is 0 Å². The number of benzene rings is 1. The second kappa shape index (κ2) is 6.87. The lowest BCUT2D eigenvalue weighted by Crippen LogP contribution is -1.99. The second-order valence-electron chi connectivity index (χ2n) is 3.35. The molecule has 0 heterocycles. The van der Waals surface area contributed by atoms with Crippen LogP contribution in [-0.4, -0.2) is 26.0 Å². The molecule has 0 bridgehead atoms. The Labute approximate surface area is 106 Å². The van der Waals surface area contributed by atoms with E-state index in [-0.39, 0.29) is 0 Å². The molecule has 0 radical (unpaired) electrons. The molecule has 0 aliphatic carbocycles. The molecule has 0 amide bonds. The zero-order chi connectivity index (χ0) is 12.0. The average molecular weight is 263 g/mol. The maximum Gasteiger partial charge on any atom is 0.122 e. The maximum absolute atomic E-state index is 5.74. The van der Waals surface area contributed by atoms with Gasteiger partial charge < -0.3 is 9.47 Å². The Morgan fingerprint density at radius 2 is 1.25 bits per heavy atom. The first-order valence-electron chi connectivity index (χ1n) is 5.12. The van der Waals surface area contributed by atoms with Crippen molar-refractivity contribution < 1.29 is 9.47 Å². The van der Waals surface area contributed by atoms with E-state index in [2.05, 4.69) is 0 Å². The van der Waals surface area contributed by atoms with Crippen molar-refractivity contribution in [2.45, 2.75) is 12.8 Å². The van der Waals surface area contributed by atoms with Crippen molar-refractivity contribution in [1.82, 2.24) is 0 Å². The molecule has 0 aromatic heterocycles. The minimum absolute atomic E-state index is 0.564. The van der Waals surface area contributed by atoms with Crippen molar-refractivity contribution in [3.8, 4) is 11.5 Å². The van der Waals surface area contributed by atoms with Gasteiger partial charge in [-0.15, -0.1) is 23.2 Å². The van der Waals surface area contributed by atoms with Gasteiger partial charge >= 0.3 is 0 Å².